The highest BCUT2D eigenvalue weighted by Crippen LogP contribution is 2.28. The summed E-state index contributed by atoms with van der Waals surface area (Å²) in [5.74, 6) is -0.372. The predicted molar refractivity (Wildman–Crippen MR) is 185 cm³/mol. The number of hydrogen-bond donors (Lipinski definition) is 1. The third-order valence-electron chi connectivity index (χ3n) is 7.60. The molecular formula is C36H40BrN3O5S. The van der Waals surface area contributed by atoms with E-state index in [0.717, 1.165) is 38.3 Å². The van der Waals surface area contributed by atoms with E-state index in [1.807, 2.05) is 68.4 Å². The number of nitrogens with one attached hydrogen (secondary N) is 1. The van der Waals surface area contributed by atoms with Crippen molar-refractivity contribution < 1.29 is 22.7 Å². The third-order valence-corrected chi connectivity index (χ3v) is 9.91. The Morgan fingerprint density at radius 1 is 0.891 bits per heavy atom. The summed E-state index contributed by atoms with van der Waals surface area (Å²) in [5, 5.41) is 3.01. The van der Waals surface area contributed by atoms with Gasteiger partial charge < -0.3 is 15.0 Å². The molecule has 1 unspecified atom stereocenters. The van der Waals surface area contributed by atoms with Gasteiger partial charge in [-0.15, -0.1) is 0 Å². The first-order valence-electron chi connectivity index (χ1n) is 15.2. The Morgan fingerprint density at radius 3 is 2.24 bits per heavy atom. The lowest BCUT2D eigenvalue weighted by Crippen LogP contribution is -2.53. The largest absolute Gasteiger partial charge is 0.497 e. The molecule has 0 saturated carbocycles. The Morgan fingerprint density at radius 2 is 1.59 bits per heavy atom. The number of carbonyl (C=O) groups excluding carboxylic acids is 2. The molecule has 8 nitrogen and oxygen atoms in total. The number of methoxy groups -OCH3 is 1. The molecule has 0 aliphatic heterocycles. The van der Waals surface area contributed by atoms with Gasteiger partial charge in [-0.1, -0.05) is 95.5 Å². The molecule has 0 heterocycles. The van der Waals surface area contributed by atoms with Crippen LogP contribution >= 0.6 is 15.9 Å². The van der Waals surface area contributed by atoms with Crippen LogP contribution in [0.2, 0.25) is 0 Å². The highest BCUT2D eigenvalue weighted by Gasteiger charge is 2.34. The molecule has 0 radical (unpaired) electrons. The smallest absolute Gasteiger partial charge is 0.264 e. The van der Waals surface area contributed by atoms with Gasteiger partial charge in [-0.05, 0) is 60.9 Å². The van der Waals surface area contributed by atoms with Crippen LogP contribution < -0.4 is 14.4 Å². The molecule has 10 heteroatoms. The number of sulfonamides is 1. The molecule has 0 aliphatic rings. The van der Waals surface area contributed by atoms with Gasteiger partial charge in [-0.3, -0.25) is 13.9 Å². The molecular weight excluding hydrogens is 666 g/mol. The van der Waals surface area contributed by atoms with Gasteiger partial charge in [0.2, 0.25) is 11.8 Å². The normalized spacial score (nSPS) is 11.8. The summed E-state index contributed by atoms with van der Waals surface area (Å²) in [7, 11) is -2.71. The third kappa shape index (κ3) is 9.20. The minimum absolute atomic E-state index is 0.0475. The maximum atomic E-state index is 14.6. The van der Waals surface area contributed by atoms with Crippen LogP contribution in [0.1, 0.15) is 36.5 Å². The first kappa shape index (κ1) is 34.7. The fraction of sp³-hybridized carbons (Fsp3) is 0.278. The zero-order valence-corrected chi connectivity index (χ0v) is 28.8. The standard InChI is InChI=1S/C36H40BrN3O5S/c1-4-5-22-38-36(42)34(23-28-10-7-6-8-11-28)39(25-29-16-18-30(37)19-17-29)35(41)26-40(31-12-9-13-32(24-31)45-3)46(43,44)33-20-14-27(2)15-21-33/h6-21,24,34H,4-5,22-23,25-26H2,1-3H3,(H,38,42). The molecule has 0 spiro atoms. The summed E-state index contributed by atoms with van der Waals surface area (Å²) in [5.41, 5.74) is 2.85. The second kappa shape index (κ2) is 16.4. The Bertz CT molecular complexity index is 1700. The second-order valence-corrected chi connectivity index (χ2v) is 13.8. The van der Waals surface area contributed by atoms with Crippen LogP contribution in [0.3, 0.4) is 0 Å². The van der Waals surface area contributed by atoms with E-state index in [-0.39, 0.29) is 29.5 Å². The van der Waals surface area contributed by atoms with E-state index < -0.39 is 28.5 Å². The molecule has 46 heavy (non-hydrogen) atoms. The van der Waals surface area contributed by atoms with Gasteiger partial charge in [-0.2, -0.15) is 0 Å². The molecule has 4 aromatic rings. The van der Waals surface area contributed by atoms with Crippen molar-refractivity contribution in [3.05, 3.63) is 124 Å². The van der Waals surface area contributed by atoms with Crippen molar-refractivity contribution in [3.63, 3.8) is 0 Å². The van der Waals surface area contributed by atoms with Gasteiger partial charge in [0, 0.05) is 30.0 Å². The van der Waals surface area contributed by atoms with E-state index in [1.165, 1.54) is 24.1 Å². The Balaban J connectivity index is 1.80. The van der Waals surface area contributed by atoms with Crippen LogP contribution in [0.4, 0.5) is 5.69 Å². The SMILES string of the molecule is CCCCNC(=O)C(Cc1ccccc1)N(Cc1ccc(Br)cc1)C(=O)CN(c1cccc(OC)c1)S(=O)(=O)c1ccc(C)cc1. The van der Waals surface area contributed by atoms with Crippen LogP contribution in [0.15, 0.2) is 112 Å². The molecule has 4 aromatic carbocycles. The number of amides is 2. The molecule has 4 rings (SSSR count). The van der Waals surface area contributed by atoms with Gasteiger partial charge in [0.25, 0.3) is 10.0 Å². The van der Waals surface area contributed by atoms with E-state index in [4.69, 9.17) is 4.74 Å². The van der Waals surface area contributed by atoms with E-state index in [9.17, 15) is 18.0 Å². The number of ether oxygens (including phenoxy) is 1. The average Bonchev–Trinajstić information content (AvgIpc) is 3.06. The van der Waals surface area contributed by atoms with E-state index in [0.29, 0.717) is 12.3 Å². The molecule has 1 N–H and O–H groups in total. The minimum atomic E-state index is -4.20. The monoisotopic (exact) mass is 705 g/mol. The molecule has 0 bridgehead atoms. The highest BCUT2D eigenvalue weighted by molar-refractivity contribution is 9.10. The highest BCUT2D eigenvalue weighted by atomic mass is 79.9. The van der Waals surface area contributed by atoms with Crippen molar-refractivity contribution in [2.45, 2.75) is 50.6 Å². The average molecular weight is 707 g/mol. The molecule has 0 saturated heterocycles. The molecule has 1 atom stereocenters. The van der Waals surface area contributed by atoms with Gasteiger partial charge in [0.15, 0.2) is 0 Å². The zero-order chi connectivity index (χ0) is 33.1. The maximum absolute atomic E-state index is 14.6. The Kier molecular flexibility index (Phi) is 12.4. The fourth-order valence-corrected chi connectivity index (χ4v) is 6.65. The van der Waals surface area contributed by atoms with Gasteiger partial charge in [0.05, 0.1) is 17.7 Å². The Hall–Kier alpha value is -4.15. The van der Waals surface area contributed by atoms with Crippen molar-refractivity contribution in [2.75, 3.05) is 24.5 Å². The lowest BCUT2D eigenvalue weighted by Gasteiger charge is -2.34. The zero-order valence-electron chi connectivity index (χ0n) is 26.4. The van der Waals surface area contributed by atoms with Crippen molar-refractivity contribution >= 4 is 43.5 Å². The van der Waals surface area contributed by atoms with E-state index in [1.54, 1.807) is 36.4 Å². The molecule has 0 aromatic heterocycles. The lowest BCUT2D eigenvalue weighted by molar-refractivity contribution is -0.140. The number of hydrogen-bond acceptors (Lipinski definition) is 5. The minimum Gasteiger partial charge on any atom is -0.497 e. The second-order valence-electron chi connectivity index (χ2n) is 11.0. The van der Waals surface area contributed by atoms with Crippen LogP contribution in [0.25, 0.3) is 0 Å². The van der Waals surface area contributed by atoms with Gasteiger partial charge in [-0.25, -0.2) is 8.42 Å². The van der Waals surface area contributed by atoms with Crippen molar-refractivity contribution in [3.8, 4) is 5.75 Å². The summed E-state index contributed by atoms with van der Waals surface area (Å²) >= 11 is 3.46. The topological polar surface area (TPSA) is 96.0 Å². The summed E-state index contributed by atoms with van der Waals surface area (Å²) in [6.07, 6.45) is 1.95. The summed E-state index contributed by atoms with van der Waals surface area (Å²) in [6.45, 7) is 3.95. The number of aryl methyl sites for hydroxylation is 1. The number of anilines is 1. The molecule has 2 amide bonds. The summed E-state index contributed by atoms with van der Waals surface area (Å²) in [6, 6.07) is 29.2. The molecule has 0 aliphatic carbocycles. The van der Waals surface area contributed by atoms with Crippen LogP contribution in [-0.2, 0) is 32.6 Å². The first-order valence-corrected chi connectivity index (χ1v) is 17.4. The van der Waals surface area contributed by atoms with Gasteiger partial charge in [0.1, 0.15) is 18.3 Å². The number of halogens is 1. The summed E-state index contributed by atoms with van der Waals surface area (Å²) in [4.78, 5) is 29.9. The number of benzene rings is 4. The number of carbonyl (C=O) groups is 2. The first-order chi connectivity index (χ1) is 22.1. The predicted octanol–water partition coefficient (Wildman–Crippen LogP) is 6.52. The maximum Gasteiger partial charge on any atom is 0.264 e. The van der Waals surface area contributed by atoms with Crippen molar-refractivity contribution in [1.82, 2.24) is 10.2 Å². The number of nitrogens with zero attached hydrogens (tertiary/aromatic N) is 2. The van der Waals surface area contributed by atoms with Crippen molar-refractivity contribution in [2.24, 2.45) is 0 Å². The lowest BCUT2D eigenvalue weighted by atomic mass is 10.0. The quantitative estimate of drug-likeness (QED) is 0.142. The fourth-order valence-electron chi connectivity index (χ4n) is 4.98. The van der Waals surface area contributed by atoms with E-state index >= 15 is 0 Å². The van der Waals surface area contributed by atoms with Crippen LogP contribution in [0.5, 0.6) is 5.75 Å². The van der Waals surface area contributed by atoms with E-state index in [2.05, 4.69) is 21.2 Å². The Labute approximate surface area is 280 Å². The summed E-state index contributed by atoms with van der Waals surface area (Å²) < 4.78 is 35.7. The molecule has 0 fully saturated rings. The van der Waals surface area contributed by atoms with Crippen molar-refractivity contribution in [1.29, 1.82) is 0 Å². The molecule has 242 valence electrons. The number of unbranched alkanes of at least 4 members (excludes halogenated alkanes) is 1. The van der Waals surface area contributed by atoms with Crippen LogP contribution in [0, 0.1) is 6.92 Å². The number of rotatable bonds is 15. The van der Waals surface area contributed by atoms with Gasteiger partial charge >= 0.3 is 0 Å². The van der Waals surface area contributed by atoms with Crippen LogP contribution in [-0.4, -0.2) is 51.4 Å².